The molecule has 0 fully saturated rings. The third-order valence-electron chi connectivity index (χ3n) is 7.09. The van der Waals surface area contributed by atoms with Gasteiger partial charge in [-0.1, -0.05) is 36.4 Å². The van der Waals surface area contributed by atoms with Gasteiger partial charge in [-0.3, -0.25) is 24.1 Å². The first kappa shape index (κ1) is 22.7. The van der Waals surface area contributed by atoms with E-state index in [0.29, 0.717) is 41.3 Å². The van der Waals surface area contributed by atoms with Crippen LogP contribution in [0.2, 0.25) is 0 Å². The lowest BCUT2D eigenvalue weighted by Gasteiger charge is -2.20. The Balaban J connectivity index is 0.000000164. The van der Waals surface area contributed by atoms with Crippen LogP contribution in [0.25, 0.3) is 21.8 Å². The van der Waals surface area contributed by atoms with E-state index in [9.17, 15) is 19.2 Å². The average molecular weight is 490 g/mol. The summed E-state index contributed by atoms with van der Waals surface area (Å²) < 4.78 is 0. The zero-order chi connectivity index (χ0) is 25.7. The number of amides is 2. The largest absolute Gasteiger partial charge is 0.358 e. The zero-order valence-corrected chi connectivity index (χ0v) is 20.1. The van der Waals surface area contributed by atoms with Gasteiger partial charge in [-0.15, -0.1) is 0 Å². The van der Waals surface area contributed by atoms with Crippen LogP contribution in [0.1, 0.15) is 50.2 Å². The third kappa shape index (κ3) is 3.59. The van der Waals surface area contributed by atoms with Crippen molar-refractivity contribution in [1.82, 2.24) is 14.9 Å². The second kappa shape index (κ2) is 8.71. The molecule has 3 aromatic carbocycles. The predicted octanol–water partition coefficient (Wildman–Crippen LogP) is 4.17. The van der Waals surface area contributed by atoms with Gasteiger partial charge in [-0.25, -0.2) is 0 Å². The molecule has 0 atom stereocenters. The van der Waals surface area contributed by atoms with Crippen molar-refractivity contribution in [3.05, 3.63) is 127 Å². The summed E-state index contributed by atoms with van der Waals surface area (Å²) in [5.74, 6) is -0.355. The van der Waals surface area contributed by atoms with E-state index in [1.165, 1.54) is 4.90 Å². The minimum absolute atomic E-state index is 0.0546. The van der Waals surface area contributed by atoms with Crippen LogP contribution < -0.4 is 10.9 Å². The Hall–Kier alpha value is -4.78. The number of H-pyrrole nitrogens is 2. The lowest BCUT2D eigenvalue weighted by Crippen LogP contribution is -2.29. The van der Waals surface area contributed by atoms with Crippen LogP contribution in [0, 0.1) is 0 Å². The highest BCUT2D eigenvalue weighted by atomic mass is 16.2. The molecule has 0 spiro atoms. The quantitative estimate of drug-likeness (QED) is 0.339. The molecule has 2 aliphatic rings. The summed E-state index contributed by atoms with van der Waals surface area (Å²) in [4.78, 5) is 56.7. The summed E-state index contributed by atoms with van der Waals surface area (Å²) in [6, 6.07) is 21.9. The molecule has 1 aliphatic carbocycles. The molecule has 7 rings (SSSR count). The number of hydrogen-bond acceptors (Lipinski definition) is 4. The number of carbonyl (C=O) groups is 2. The second-order valence-electron chi connectivity index (χ2n) is 9.17. The van der Waals surface area contributed by atoms with Gasteiger partial charge in [-0.2, -0.15) is 0 Å². The maximum absolute atomic E-state index is 12.8. The fraction of sp³-hybridized carbons (Fsp3) is 0.133. The van der Waals surface area contributed by atoms with Gasteiger partial charge >= 0.3 is 0 Å². The summed E-state index contributed by atoms with van der Waals surface area (Å²) in [6.45, 7) is 2.23. The van der Waals surface area contributed by atoms with Gasteiger partial charge in [0, 0.05) is 63.7 Å². The van der Waals surface area contributed by atoms with Gasteiger partial charge in [-0.05, 0) is 43.3 Å². The molecule has 7 nitrogen and oxygen atoms in total. The number of para-hydroxylation sites is 2. The van der Waals surface area contributed by atoms with Gasteiger partial charge in [0.25, 0.3) is 11.8 Å². The van der Waals surface area contributed by atoms with E-state index >= 15 is 0 Å². The maximum atomic E-state index is 12.8. The zero-order valence-electron chi connectivity index (χ0n) is 20.1. The highest BCUT2D eigenvalue weighted by molar-refractivity contribution is 6.21. The summed E-state index contributed by atoms with van der Waals surface area (Å²) in [6.07, 6.45) is 0.926. The van der Waals surface area contributed by atoms with Crippen molar-refractivity contribution in [3.63, 3.8) is 0 Å². The second-order valence-corrected chi connectivity index (χ2v) is 9.17. The van der Waals surface area contributed by atoms with E-state index in [-0.39, 0.29) is 22.7 Å². The number of nitrogens with one attached hydrogen (secondary N) is 2. The van der Waals surface area contributed by atoms with E-state index in [4.69, 9.17) is 0 Å². The maximum Gasteiger partial charge on any atom is 0.261 e. The first-order valence-electron chi connectivity index (χ1n) is 12.2. The topological polar surface area (TPSA) is 103 Å². The van der Waals surface area contributed by atoms with E-state index < -0.39 is 0 Å². The van der Waals surface area contributed by atoms with Crippen LogP contribution in [-0.4, -0.2) is 33.2 Å². The number of carbonyl (C=O) groups excluding carboxylic acids is 2. The molecule has 2 amide bonds. The molecular formula is C30H23N3O4. The van der Waals surface area contributed by atoms with Gasteiger partial charge in [0.15, 0.2) is 10.9 Å². The molecule has 7 heteroatoms. The highest BCUT2D eigenvalue weighted by Gasteiger charge is 2.33. The Bertz CT molecular complexity index is 1730. The smallest absolute Gasteiger partial charge is 0.261 e. The molecule has 182 valence electrons. The van der Waals surface area contributed by atoms with Crippen LogP contribution in [0.4, 0.5) is 0 Å². The number of fused-ring (bicyclic) bond motifs is 5. The first-order valence-corrected chi connectivity index (χ1v) is 12.2. The van der Waals surface area contributed by atoms with Gasteiger partial charge in [0.2, 0.25) is 0 Å². The van der Waals surface area contributed by atoms with Crippen molar-refractivity contribution in [2.75, 3.05) is 6.54 Å². The molecular weight excluding hydrogens is 466 g/mol. The monoisotopic (exact) mass is 489 g/mol. The van der Waals surface area contributed by atoms with Crippen LogP contribution in [0.15, 0.2) is 82.4 Å². The third-order valence-corrected chi connectivity index (χ3v) is 7.09. The molecule has 37 heavy (non-hydrogen) atoms. The van der Waals surface area contributed by atoms with E-state index in [1.807, 2.05) is 48.5 Å². The SMILES string of the molecule is CCN1C(=O)c2ccccc2C1=O.O=c1c2c([nH]c3ccccc13)Cc1c([nH]c3ccccc3c1=O)C2. The Labute approximate surface area is 211 Å². The van der Waals surface area contributed by atoms with Gasteiger partial charge in [0.05, 0.1) is 11.1 Å². The van der Waals surface area contributed by atoms with Crippen LogP contribution in [0.5, 0.6) is 0 Å². The Kier molecular flexibility index (Phi) is 5.34. The number of hydrogen-bond donors (Lipinski definition) is 2. The van der Waals surface area contributed by atoms with Crippen molar-refractivity contribution in [3.8, 4) is 0 Å². The minimum Gasteiger partial charge on any atom is -0.358 e. The van der Waals surface area contributed by atoms with Gasteiger partial charge in [0.1, 0.15) is 0 Å². The molecule has 1 aliphatic heterocycles. The van der Waals surface area contributed by atoms with Crippen molar-refractivity contribution >= 4 is 33.6 Å². The lowest BCUT2D eigenvalue weighted by atomic mass is 9.90. The first-order chi connectivity index (χ1) is 18.0. The van der Waals surface area contributed by atoms with E-state index in [2.05, 4.69) is 9.97 Å². The summed E-state index contributed by atoms with van der Waals surface area (Å²) in [5, 5.41) is 1.39. The Morgan fingerprint density at radius 1 is 0.622 bits per heavy atom. The van der Waals surface area contributed by atoms with Gasteiger partial charge < -0.3 is 9.97 Å². The number of aromatic nitrogens is 2. The van der Waals surface area contributed by atoms with Crippen molar-refractivity contribution in [2.45, 2.75) is 19.8 Å². The summed E-state index contributed by atoms with van der Waals surface area (Å²) in [7, 11) is 0. The standard InChI is InChI=1S/C20H14N2O2.C10H9NO2/c23-19-11-5-1-3-7-15(11)21-17-10-14-18(9-13(17)19)22-16-8-4-2-6-12(16)20(14)24;1-2-11-9(12)7-5-3-4-6-8(7)10(11)13/h1-8H,9-10H2,(H,21,23)(H,22,24);3-6H,2H2,1H3. The number of nitrogens with zero attached hydrogens (tertiary/aromatic N) is 1. The lowest BCUT2D eigenvalue weighted by molar-refractivity contribution is 0.0663. The molecule has 0 bridgehead atoms. The number of imide groups is 1. The van der Waals surface area contributed by atoms with E-state index in [1.54, 1.807) is 31.2 Å². The Morgan fingerprint density at radius 3 is 1.46 bits per heavy atom. The fourth-order valence-corrected chi connectivity index (χ4v) is 5.21. The van der Waals surface area contributed by atoms with Crippen molar-refractivity contribution < 1.29 is 9.59 Å². The molecule has 5 aromatic rings. The molecule has 0 radical (unpaired) electrons. The minimum atomic E-state index is -0.178. The number of aromatic amines is 2. The number of benzene rings is 3. The summed E-state index contributed by atoms with van der Waals surface area (Å²) in [5.41, 5.74) is 6.02. The molecule has 0 unspecified atom stereocenters. The average Bonchev–Trinajstić information content (AvgIpc) is 3.18. The molecule has 3 heterocycles. The van der Waals surface area contributed by atoms with Crippen LogP contribution >= 0.6 is 0 Å². The van der Waals surface area contributed by atoms with Crippen LogP contribution in [-0.2, 0) is 12.8 Å². The summed E-state index contributed by atoms with van der Waals surface area (Å²) >= 11 is 0. The molecule has 2 aromatic heterocycles. The number of pyridine rings is 2. The predicted molar refractivity (Wildman–Crippen MR) is 142 cm³/mol. The van der Waals surface area contributed by atoms with E-state index in [0.717, 1.165) is 33.5 Å². The Morgan fingerprint density at radius 2 is 1.03 bits per heavy atom. The van der Waals surface area contributed by atoms with Crippen LogP contribution in [0.3, 0.4) is 0 Å². The molecule has 0 saturated heterocycles. The van der Waals surface area contributed by atoms with Crippen molar-refractivity contribution in [2.24, 2.45) is 0 Å². The fourth-order valence-electron chi connectivity index (χ4n) is 5.21. The molecule has 2 N–H and O–H groups in total. The number of rotatable bonds is 1. The van der Waals surface area contributed by atoms with Crippen molar-refractivity contribution in [1.29, 1.82) is 0 Å². The highest BCUT2D eigenvalue weighted by Crippen LogP contribution is 2.25. The molecule has 0 saturated carbocycles. The normalized spacial score (nSPS) is 13.7.